The van der Waals surface area contributed by atoms with Crippen LogP contribution in [0.2, 0.25) is 0 Å². The Bertz CT molecular complexity index is 1000. The van der Waals surface area contributed by atoms with Gasteiger partial charge >= 0.3 is 0 Å². The van der Waals surface area contributed by atoms with Crippen LogP contribution in [-0.2, 0) is 9.59 Å². The highest BCUT2D eigenvalue weighted by atomic mass is 16.3. The fourth-order valence-electron chi connectivity index (χ4n) is 3.91. The number of hydrogen-bond acceptors (Lipinski definition) is 3. The summed E-state index contributed by atoms with van der Waals surface area (Å²) in [4.78, 5) is 26.7. The van der Waals surface area contributed by atoms with Crippen LogP contribution in [0.3, 0.4) is 0 Å². The van der Waals surface area contributed by atoms with Crippen molar-refractivity contribution in [2.75, 3.05) is 4.90 Å². The van der Waals surface area contributed by atoms with Crippen LogP contribution in [0.5, 0.6) is 0 Å². The number of allylic oxidation sites excluding steroid dienone is 2. The van der Waals surface area contributed by atoms with E-state index in [0.29, 0.717) is 24.1 Å². The predicted octanol–water partition coefficient (Wildman–Crippen LogP) is 4.04. The van der Waals surface area contributed by atoms with Gasteiger partial charge in [-0.3, -0.25) is 9.59 Å². The molecule has 0 radical (unpaired) electrons. The number of carbonyl (C=O) groups is 2. The second kappa shape index (κ2) is 4.81. The van der Waals surface area contributed by atoms with Crippen molar-refractivity contribution < 1.29 is 14.0 Å². The fraction of sp³-hybridized carbons (Fsp3) is 0.200. The molecule has 2 aliphatic rings. The Kier molecular flexibility index (Phi) is 2.71. The number of rotatable bonds is 1. The smallest absolute Gasteiger partial charge is 0.238 e. The summed E-state index contributed by atoms with van der Waals surface area (Å²) in [6, 6.07) is 13.4. The molecule has 0 N–H and O–H groups in total. The summed E-state index contributed by atoms with van der Waals surface area (Å²) in [5.74, 6) is -0.614. The average molecular weight is 317 g/mol. The molecule has 1 aliphatic carbocycles. The van der Waals surface area contributed by atoms with Crippen molar-refractivity contribution in [3.63, 3.8) is 0 Å². The standard InChI is InChI=1S/C20H15NO3/c22-19-15-6-1-2-7-16(15)20(23)21(19)12-9-10-14-13-5-3-4-8-17(13)24-18(14)11-12/h1-5,8-11,15-16H,6-7H2/t15-,16+. The van der Waals surface area contributed by atoms with Crippen LogP contribution in [0.4, 0.5) is 5.69 Å². The maximum absolute atomic E-state index is 12.7. The van der Waals surface area contributed by atoms with Crippen molar-refractivity contribution in [3.8, 4) is 0 Å². The molecule has 2 atom stereocenters. The second-order valence-electron chi connectivity index (χ2n) is 6.45. The van der Waals surface area contributed by atoms with Gasteiger partial charge in [-0.05, 0) is 31.0 Å². The number of carbonyl (C=O) groups excluding carboxylic acids is 2. The summed E-state index contributed by atoms with van der Waals surface area (Å²) >= 11 is 0. The van der Waals surface area contributed by atoms with E-state index in [-0.39, 0.29) is 23.7 Å². The number of anilines is 1. The monoisotopic (exact) mass is 317 g/mol. The topological polar surface area (TPSA) is 50.5 Å². The molecule has 0 unspecified atom stereocenters. The number of benzene rings is 2. The molecule has 0 bridgehead atoms. The molecule has 5 rings (SSSR count). The quantitative estimate of drug-likeness (QED) is 0.503. The first-order valence-corrected chi connectivity index (χ1v) is 8.18. The zero-order valence-corrected chi connectivity index (χ0v) is 12.9. The van der Waals surface area contributed by atoms with Crippen LogP contribution < -0.4 is 4.90 Å². The molecule has 2 amide bonds. The molecule has 4 nitrogen and oxygen atoms in total. The molecular weight excluding hydrogens is 302 g/mol. The second-order valence-corrected chi connectivity index (χ2v) is 6.45. The zero-order chi connectivity index (χ0) is 16.3. The molecule has 24 heavy (non-hydrogen) atoms. The first-order chi connectivity index (χ1) is 11.7. The highest BCUT2D eigenvalue weighted by Gasteiger charge is 2.47. The zero-order valence-electron chi connectivity index (χ0n) is 12.9. The van der Waals surface area contributed by atoms with E-state index in [4.69, 9.17) is 4.42 Å². The number of nitrogens with zero attached hydrogens (tertiary/aromatic N) is 1. The third-order valence-corrected chi connectivity index (χ3v) is 5.13. The Labute approximate surface area is 138 Å². The van der Waals surface area contributed by atoms with Crippen molar-refractivity contribution in [1.29, 1.82) is 0 Å². The van der Waals surface area contributed by atoms with Gasteiger partial charge in [-0.25, -0.2) is 4.90 Å². The Morgan fingerprint density at radius 3 is 2.25 bits per heavy atom. The van der Waals surface area contributed by atoms with Gasteiger partial charge < -0.3 is 4.42 Å². The van der Waals surface area contributed by atoms with E-state index in [1.54, 1.807) is 6.07 Å². The minimum atomic E-state index is -0.214. The molecule has 4 heteroatoms. The molecule has 2 heterocycles. The number of para-hydroxylation sites is 1. The molecule has 0 saturated carbocycles. The minimum absolute atomic E-state index is 0.0928. The number of fused-ring (bicyclic) bond motifs is 4. The van der Waals surface area contributed by atoms with Crippen LogP contribution in [0.25, 0.3) is 21.9 Å². The fourth-order valence-corrected chi connectivity index (χ4v) is 3.91. The number of furan rings is 1. The summed E-state index contributed by atoms with van der Waals surface area (Å²) in [5.41, 5.74) is 2.11. The summed E-state index contributed by atoms with van der Waals surface area (Å²) in [7, 11) is 0. The first kappa shape index (κ1) is 13.5. The van der Waals surface area contributed by atoms with Crippen molar-refractivity contribution in [1.82, 2.24) is 0 Å². The summed E-state index contributed by atoms with van der Waals surface area (Å²) < 4.78 is 5.88. The van der Waals surface area contributed by atoms with Gasteiger partial charge in [0.25, 0.3) is 0 Å². The molecule has 1 aliphatic heterocycles. The van der Waals surface area contributed by atoms with E-state index in [9.17, 15) is 9.59 Å². The van der Waals surface area contributed by atoms with Crippen LogP contribution in [0, 0.1) is 11.8 Å². The maximum Gasteiger partial charge on any atom is 0.238 e. The van der Waals surface area contributed by atoms with Gasteiger partial charge in [-0.15, -0.1) is 0 Å². The molecule has 1 aromatic heterocycles. The molecule has 1 saturated heterocycles. The van der Waals surface area contributed by atoms with Gasteiger partial charge in [-0.2, -0.15) is 0 Å². The Balaban J connectivity index is 1.63. The molecule has 1 fully saturated rings. The Morgan fingerprint density at radius 1 is 0.833 bits per heavy atom. The van der Waals surface area contributed by atoms with Crippen LogP contribution in [0.1, 0.15) is 12.8 Å². The molecule has 0 spiro atoms. The lowest BCUT2D eigenvalue weighted by Crippen LogP contribution is -2.30. The van der Waals surface area contributed by atoms with Crippen molar-refractivity contribution in [3.05, 3.63) is 54.6 Å². The SMILES string of the molecule is O=C1[C@H]2CC=CC[C@H]2C(=O)N1c1ccc2c(c1)oc1ccccc12. The lowest BCUT2D eigenvalue weighted by molar-refractivity contribution is -0.122. The van der Waals surface area contributed by atoms with Crippen molar-refractivity contribution in [2.24, 2.45) is 11.8 Å². The Morgan fingerprint density at radius 2 is 1.50 bits per heavy atom. The lowest BCUT2D eigenvalue weighted by atomic mass is 9.85. The maximum atomic E-state index is 12.7. The van der Waals surface area contributed by atoms with Crippen LogP contribution in [0.15, 0.2) is 59.0 Å². The highest BCUT2D eigenvalue weighted by molar-refractivity contribution is 6.23. The van der Waals surface area contributed by atoms with E-state index in [1.165, 1.54) is 4.90 Å². The first-order valence-electron chi connectivity index (χ1n) is 8.18. The number of amides is 2. The van der Waals surface area contributed by atoms with Crippen LogP contribution in [-0.4, -0.2) is 11.8 Å². The third kappa shape index (κ3) is 1.74. The molecule has 2 aromatic carbocycles. The minimum Gasteiger partial charge on any atom is -0.456 e. The largest absolute Gasteiger partial charge is 0.456 e. The summed E-state index contributed by atoms with van der Waals surface area (Å²) in [6.07, 6.45) is 5.30. The number of imide groups is 1. The predicted molar refractivity (Wildman–Crippen MR) is 91.6 cm³/mol. The third-order valence-electron chi connectivity index (χ3n) is 5.13. The van der Waals surface area contributed by atoms with Crippen molar-refractivity contribution in [2.45, 2.75) is 12.8 Å². The molecule has 118 valence electrons. The van der Waals surface area contributed by atoms with Gasteiger partial charge in [0.05, 0.1) is 17.5 Å². The van der Waals surface area contributed by atoms with Gasteiger partial charge in [0.15, 0.2) is 0 Å². The van der Waals surface area contributed by atoms with E-state index in [2.05, 4.69) is 0 Å². The average Bonchev–Trinajstić information content (AvgIpc) is 3.10. The molecule has 3 aromatic rings. The van der Waals surface area contributed by atoms with Gasteiger partial charge in [0.2, 0.25) is 11.8 Å². The van der Waals surface area contributed by atoms with Gasteiger partial charge in [0.1, 0.15) is 11.2 Å². The van der Waals surface area contributed by atoms with E-state index >= 15 is 0 Å². The van der Waals surface area contributed by atoms with Gasteiger partial charge in [0, 0.05) is 16.8 Å². The summed E-state index contributed by atoms with van der Waals surface area (Å²) in [6.45, 7) is 0. The van der Waals surface area contributed by atoms with E-state index < -0.39 is 0 Å². The lowest BCUT2D eigenvalue weighted by Gasteiger charge is -2.14. The normalized spacial score (nSPS) is 23.4. The van der Waals surface area contributed by atoms with E-state index in [1.807, 2.05) is 48.6 Å². The highest BCUT2D eigenvalue weighted by Crippen LogP contribution is 2.39. The summed E-state index contributed by atoms with van der Waals surface area (Å²) in [5, 5.41) is 2.03. The van der Waals surface area contributed by atoms with Crippen molar-refractivity contribution >= 4 is 39.4 Å². The van der Waals surface area contributed by atoms with Gasteiger partial charge in [-0.1, -0.05) is 30.4 Å². The molecular formula is C20H15NO3. The van der Waals surface area contributed by atoms with Crippen LogP contribution >= 0.6 is 0 Å². The van der Waals surface area contributed by atoms with E-state index in [0.717, 1.165) is 16.4 Å². The Hall–Kier alpha value is -2.88. The number of hydrogen-bond donors (Lipinski definition) is 0.